The first-order valence-electron chi connectivity index (χ1n) is 8.25. The van der Waals surface area contributed by atoms with Crippen LogP contribution < -0.4 is 15.5 Å². The van der Waals surface area contributed by atoms with Crippen molar-refractivity contribution in [3.63, 3.8) is 0 Å². The van der Waals surface area contributed by atoms with Crippen LogP contribution in [0.1, 0.15) is 18.4 Å². The van der Waals surface area contributed by atoms with Crippen LogP contribution in [0, 0.1) is 0 Å². The Balaban J connectivity index is 1.42. The third-order valence-electron chi connectivity index (χ3n) is 4.14. The van der Waals surface area contributed by atoms with Gasteiger partial charge in [0.25, 0.3) is 0 Å². The molecule has 0 atom stereocenters. The summed E-state index contributed by atoms with van der Waals surface area (Å²) in [6.07, 6.45) is 3.42. The van der Waals surface area contributed by atoms with E-state index in [-0.39, 0.29) is 6.03 Å². The smallest absolute Gasteiger partial charge is 0.319 e. The summed E-state index contributed by atoms with van der Waals surface area (Å²) in [5.41, 5.74) is 3.36. The van der Waals surface area contributed by atoms with Gasteiger partial charge in [-0.15, -0.1) is 0 Å². The molecular weight excluding hydrogens is 286 g/mol. The molecule has 0 spiro atoms. The van der Waals surface area contributed by atoms with Crippen molar-refractivity contribution in [2.45, 2.75) is 19.3 Å². The Morgan fingerprint density at radius 1 is 0.957 bits per heavy atom. The second-order valence-corrected chi connectivity index (χ2v) is 5.86. The lowest BCUT2D eigenvalue weighted by molar-refractivity contribution is 0.252. The Hall–Kier alpha value is -2.49. The summed E-state index contributed by atoms with van der Waals surface area (Å²) >= 11 is 0. The normalized spacial score (nSPS) is 13.8. The topological polar surface area (TPSA) is 44.4 Å². The van der Waals surface area contributed by atoms with Crippen LogP contribution in [0.2, 0.25) is 0 Å². The Labute approximate surface area is 137 Å². The molecule has 2 aromatic rings. The summed E-state index contributed by atoms with van der Waals surface area (Å²) in [7, 11) is 0. The van der Waals surface area contributed by atoms with Gasteiger partial charge in [-0.3, -0.25) is 0 Å². The zero-order valence-corrected chi connectivity index (χ0v) is 13.3. The van der Waals surface area contributed by atoms with Gasteiger partial charge in [0, 0.05) is 31.0 Å². The number of nitrogens with one attached hydrogen (secondary N) is 2. The van der Waals surface area contributed by atoms with Crippen molar-refractivity contribution < 1.29 is 4.79 Å². The average Bonchev–Trinajstić information content (AvgIpc) is 3.11. The third kappa shape index (κ3) is 4.49. The van der Waals surface area contributed by atoms with Gasteiger partial charge in [-0.25, -0.2) is 4.79 Å². The van der Waals surface area contributed by atoms with E-state index >= 15 is 0 Å². The van der Waals surface area contributed by atoms with Crippen molar-refractivity contribution in [2.24, 2.45) is 0 Å². The molecule has 1 aliphatic heterocycles. The van der Waals surface area contributed by atoms with Crippen molar-refractivity contribution in [3.8, 4) is 0 Å². The van der Waals surface area contributed by atoms with Crippen molar-refractivity contribution >= 4 is 17.4 Å². The lowest BCUT2D eigenvalue weighted by atomic mass is 10.1. The fourth-order valence-electron chi connectivity index (χ4n) is 2.87. The Bertz CT molecular complexity index is 619. The lowest BCUT2D eigenvalue weighted by Gasteiger charge is -2.17. The number of carbonyl (C=O) groups excluding carboxylic acids is 1. The number of hydrogen-bond donors (Lipinski definition) is 2. The summed E-state index contributed by atoms with van der Waals surface area (Å²) in [6.45, 7) is 2.96. The van der Waals surface area contributed by atoms with Crippen LogP contribution >= 0.6 is 0 Å². The molecule has 4 heteroatoms. The Kier molecular flexibility index (Phi) is 5.14. The van der Waals surface area contributed by atoms with Crippen LogP contribution in [0.15, 0.2) is 54.6 Å². The minimum Gasteiger partial charge on any atom is -0.372 e. The van der Waals surface area contributed by atoms with E-state index in [4.69, 9.17) is 0 Å². The van der Waals surface area contributed by atoms with E-state index in [1.165, 1.54) is 37.2 Å². The van der Waals surface area contributed by atoms with Gasteiger partial charge in [-0.2, -0.15) is 0 Å². The number of urea groups is 1. The first-order chi connectivity index (χ1) is 11.3. The van der Waals surface area contributed by atoms with E-state index in [2.05, 4.69) is 39.8 Å². The molecule has 120 valence electrons. The molecule has 1 fully saturated rings. The minimum atomic E-state index is -0.162. The molecule has 0 aliphatic carbocycles. The van der Waals surface area contributed by atoms with Crippen molar-refractivity contribution in [1.82, 2.24) is 5.32 Å². The molecule has 23 heavy (non-hydrogen) atoms. The standard InChI is InChI=1S/C19H23N3O/c23-19(21-17-6-2-1-3-7-17)20-13-12-16-8-10-18(11-9-16)22-14-4-5-15-22/h1-3,6-11H,4-5,12-15H2,(H2,20,21,23). The molecule has 1 aliphatic rings. The molecule has 0 bridgehead atoms. The number of hydrogen-bond acceptors (Lipinski definition) is 2. The highest BCUT2D eigenvalue weighted by Gasteiger charge is 2.11. The summed E-state index contributed by atoms with van der Waals surface area (Å²) in [6, 6.07) is 18.0. The number of rotatable bonds is 5. The van der Waals surface area contributed by atoms with Crippen LogP contribution in [-0.2, 0) is 6.42 Å². The van der Waals surface area contributed by atoms with E-state index in [0.717, 1.165) is 12.1 Å². The monoisotopic (exact) mass is 309 g/mol. The average molecular weight is 309 g/mol. The van der Waals surface area contributed by atoms with Crippen LogP contribution in [0.4, 0.5) is 16.2 Å². The van der Waals surface area contributed by atoms with Gasteiger partial charge in [0.2, 0.25) is 0 Å². The summed E-state index contributed by atoms with van der Waals surface area (Å²) in [5, 5.41) is 5.71. The van der Waals surface area contributed by atoms with Gasteiger partial charge < -0.3 is 15.5 Å². The van der Waals surface area contributed by atoms with Gasteiger partial charge in [0.1, 0.15) is 0 Å². The number of amides is 2. The first kappa shape index (κ1) is 15.4. The molecule has 4 nitrogen and oxygen atoms in total. The molecule has 1 saturated heterocycles. The number of carbonyl (C=O) groups is 1. The van der Waals surface area contributed by atoms with Gasteiger partial charge in [0.05, 0.1) is 0 Å². The molecule has 2 aromatic carbocycles. The molecule has 2 N–H and O–H groups in total. The number of benzene rings is 2. The molecule has 0 aromatic heterocycles. The zero-order chi connectivity index (χ0) is 15.9. The molecular formula is C19H23N3O. The second-order valence-electron chi connectivity index (χ2n) is 5.86. The summed E-state index contributed by atoms with van der Waals surface area (Å²) in [4.78, 5) is 14.2. The number of para-hydroxylation sites is 1. The molecule has 2 amide bonds. The maximum atomic E-state index is 11.8. The van der Waals surface area contributed by atoms with Crippen molar-refractivity contribution in [2.75, 3.05) is 29.9 Å². The SMILES string of the molecule is O=C(NCCc1ccc(N2CCCC2)cc1)Nc1ccccc1. The molecule has 0 unspecified atom stereocenters. The third-order valence-corrected chi connectivity index (χ3v) is 4.14. The highest BCUT2D eigenvalue weighted by Crippen LogP contribution is 2.20. The van der Waals surface area contributed by atoms with Crippen molar-refractivity contribution in [1.29, 1.82) is 0 Å². The Morgan fingerprint density at radius 3 is 2.35 bits per heavy atom. The van der Waals surface area contributed by atoms with Crippen LogP contribution in [-0.4, -0.2) is 25.7 Å². The fourth-order valence-corrected chi connectivity index (χ4v) is 2.87. The maximum absolute atomic E-state index is 11.8. The predicted molar refractivity (Wildman–Crippen MR) is 95.1 cm³/mol. The minimum absolute atomic E-state index is 0.162. The second kappa shape index (κ2) is 7.68. The largest absolute Gasteiger partial charge is 0.372 e. The highest BCUT2D eigenvalue weighted by molar-refractivity contribution is 5.89. The molecule has 0 saturated carbocycles. The van der Waals surface area contributed by atoms with E-state index < -0.39 is 0 Å². The summed E-state index contributed by atoms with van der Waals surface area (Å²) < 4.78 is 0. The van der Waals surface area contributed by atoms with E-state index in [1.54, 1.807) is 0 Å². The van der Waals surface area contributed by atoms with E-state index in [9.17, 15) is 4.79 Å². The van der Waals surface area contributed by atoms with E-state index in [0.29, 0.717) is 6.54 Å². The zero-order valence-electron chi connectivity index (χ0n) is 13.3. The van der Waals surface area contributed by atoms with Crippen LogP contribution in [0.5, 0.6) is 0 Å². The van der Waals surface area contributed by atoms with Gasteiger partial charge in [-0.1, -0.05) is 30.3 Å². The van der Waals surface area contributed by atoms with Gasteiger partial charge in [-0.05, 0) is 49.1 Å². The molecule has 0 radical (unpaired) electrons. The molecule has 1 heterocycles. The quantitative estimate of drug-likeness (QED) is 0.885. The summed E-state index contributed by atoms with van der Waals surface area (Å²) in [5.74, 6) is 0. The van der Waals surface area contributed by atoms with Crippen LogP contribution in [0.3, 0.4) is 0 Å². The van der Waals surface area contributed by atoms with E-state index in [1.807, 2.05) is 30.3 Å². The Morgan fingerprint density at radius 2 is 1.65 bits per heavy atom. The fraction of sp³-hybridized carbons (Fsp3) is 0.316. The maximum Gasteiger partial charge on any atom is 0.319 e. The van der Waals surface area contributed by atoms with Gasteiger partial charge >= 0.3 is 6.03 Å². The van der Waals surface area contributed by atoms with Crippen LogP contribution in [0.25, 0.3) is 0 Å². The van der Waals surface area contributed by atoms with Gasteiger partial charge in [0.15, 0.2) is 0 Å². The molecule has 3 rings (SSSR count). The predicted octanol–water partition coefficient (Wildman–Crippen LogP) is 3.65. The number of anilines is 2. The number of nitrogens with zero attached hydrogens (tertiary/aromatic N) is 1. The first-order valence-corrected chi connectivity index (χ1v) is 8.25. The lowest BCUT2D eigenvalue weighted by Crippen LogP contribution is -2.30. The van der Waals surface area contributed by atoms with Crippen molar-refractivity contribution in [3.05, 3.63) is 60.2 Å². The highest BCUT2D eigenvalue weighted by atomic mass is 16.2.